The van der Waals surface area contributed by atoms with Crippen LogP contribution >= 0.6 is 0 Å². The summed E-state index contributed by atoms with van der Waals surface area (Å²) in [4.78, 5) is 1.77. The summed E-state index contributed by atoms with van der Waals surface area (Å²) < 4.78 is 24.4. The van der Waals surface area contributed by atoms with Crippen molar-refractivity contribution in [3.05, 3.63) is 0 Å². The van der Waals surface area contributed by atoms with Gasteiger partial charge in [-0.25, -0.2) is 8.78 Å². The van der Waals surface area contributed by atoms with Crippen LogP contribution in [-0.2, 0) is 0 Å². The molecule has 1 aliphatic heterocycles. The monoisotopic (exact) mass is 220 g/mol. The molecular weight excluding hydrogens is 198 g/mol. The topological polar surface area (TPSA) is 15.3 Å². The van der Waals surface area contributed by atoms with Crippen LogP contribution in [0.25, 0.3) is 0 Å². The fourth-order valence-electron chi connectivity index (χ4n) is 2.45. The van der Waals surface area contributed by atoms with E-state index in [-0.39, 0.29) is 12.0 Å². The van der Waals surface area contributed by atoms with Gasteiger partial charge in [-0.15, -0.1) is 0 Å². The van der Waals surface area contributed by atoms with Crippen molar-refractivity contribution in [1.29, 1.82) is 0 Å². The normalized spacial score (nSPS) is 27.6. The van der Waals surface area contributed by atoms with E-state index in [0.29, 0.717) is 0 Å². The van der Waals surface area contributed by atoms with Crippen LogP contribution in [0.4, 0.5) is 8.78 Å². The summed E-state index contributed by atoms with van der Waals surface area (Å²) in [5.41, 5.74) is 0.210. The molecule has 0 radical (unpaired) electrons. The van der Waals surface area contributed by atoms with Crippen molar-refractivity contribution in [3.8, 4) is 0 Å². The van der Waals surface area contributed by atoms with Gasteiger partial charge in [0.2, 0.25) is 0 Å². The molecule has 0 aromatic carbocycles. The maximum absolute atomic E-state index is 12.2. The van der Waals surface area contributed by atoms with E-state index in [1.807, 2.05) is 0 Å². The Morgan fingerprint density at radius 2 is 2.20 bits per heavy atom. The Hall–Kier alpha value is -0.220. The number of alkyl halides is 2. The quantitative estimate of drug-likeness (QED) is 0.762. The van der Waals surface area contributed by atoms with E-state index in [9.17, 15) is 8.78 Å². The SMILES string of the molecule is CCC1(CN(C)CC(F)F)CCCNC1. The Morgan fingerprint density at radius 1 is 1.47 bits per heavy atom. The molecule has 2 nitrogen and oxygen atoms in total. The number of hydrogen-bond donors (Lipinski definition) is 1. The fourth-order valence-corrected chi connectivity index (χ4v) is 2.45. The lowest BCUT2D eigenvalue weighted by molar-refractivity contribution is 0.0638. The summed E-state index contributed by atoms with van der Waals surface area (Å²) in [6.07, 6.45) is 1.16. The molecule has 0 aromatic rings. The second-order valence-electron chi connectivity index (χ2n) is 4.72. The molecule has 0 spiro atoms. The van der Waals surface area contributed by atoms with Crippen molar-refractivity contribution < 1.29 is 8.78 Å². The maximum Gasteiger partial charge on any atom is 0.251 e. The molecule has 0 aromatic heterocycles. The molecule has 1 unspecified atom stereocenters. The second-order valence-corrected chi connectivity index (χ2v) is 4.72. The van der Waals surface area contributed by atoms with E-state index in [1.54, 1.807) is 11.9 Å². The zero-order valence-corrected chi connectivity index (χ0v) is 9.73. The Kier molecular flexibility index (Phi) is 4.93. The van der Waals surface area contributed by atoms with Gasteiger partial charge in [0.05, 0.1) is 6.54 Å². The largest absolute Gasteiger partial charge is 0.316 e. The molecule has 1 saturated heterocycles. The number of nitrogens with one attached hydrogen (secondary N) is 1. The Labute approximate surface area is 91.0 Å². The van der Waals surface area contributed by atoms with E-state index >= 15 is 0 Å². The molecule has 1 atom stereocenters. The molecule has 0 bridgehead atoms. The summed E-state index contributed by atoms with van der Waals surface area (Å²) in [7, 11) is 1.79. The third kappa shape index (κ3) is 4.03. The summed E-state index contributed by atoms with van der Waals surface area (Å²) in [6, 6.07) is 0. The minimum absolute atomic E-state index is 0.109. The summed E-state index contributed by atoms with van der Waals surface area (Å²) in [5.74, 6) is 0. The lowest BCUT2D eigenvalue weighted by Crippen LogP contribution is -2.47. The van der Waals surface area contributed by atoms with Gasteiger partial charge in [0.1, 0.15) is 0 Å². The molecule has 0 amide bonds. The van der Waals surface area contributed by atoms with E-state index in [4.69, 9.17) is 0 Å². The first-order valence-corrected chi connectivity index (χ1v) is 5.75. The first-order valence-electron chi connectivity index (χ1n) is 5.75. The van der Waals surface area contributed by atoms with Crippen molar-refractivity contribution in [1.82, 2.24) is 10.2 Å². The molecule has 4 heteroatoms. The maximum atomic E-state index is 12.2. The number of nitrogens with zero attached hydrogens (tertiary/aromatic N) is 1. The summed E-state index contributed by atoms with van der Waals surface area (Å²) in [5, 5.41) is 3.37. The standard InChI is InChI=1S/C11H22F2N2/c1-3-11(5-4-6-14-8-11)9-15(2)7-10(12)13/h10,14H,3-9H2,1-2H3. The minimum Gasteiger partial charge on any atom is -0.316 e. The van der Waals surface area contributed by atoms with E-state index in [0.717, 1.165) is 38.9 Å². The van der Waals surface area contributed by atoms with Crippen LogP contribution < -0.4 is 5.32 Å². The Bertz CT molecular complexity index is 179. The van der Waals surface area contributed by atoms with Gasteiger partial charge < -0.3 is 10.2 Å². The van der Waals surface area contributed by atoms with Gasteiger partial charge in [-0.05, 0) is 38.3 Å². The smallest absolute Gasteiger partial charge is 0.251 e. The summed E-state index contributed by atoms with van der Waals surface area (Å²) >= 11 is 0. The van der Waals surface area contributed by atoms with E-state index in [1.165, 1.54) is 0 Å². The average molecular weight is 220 g/mol. The average Bonchev–Trinajstić information content (AvgIpc) is 2.17. The molecule has 15 heavy (non-hydrogen) atoms. The first kappa shape index (κ1) is 12.8. The molecule has 1 aliphatic rings. The lowest BCUT2D eigenvalue weighted by atomic mass is 9.78. The molecule has 1 N–H and O–H groups in total. The van der Waals surface area contributed by atoms with Crippen molar-refractivity contribution >= 4 is 0 Å². The predicted molar refractivity (Wildman–Crippen MR) is 58.3 cm³/mol. The second kappa shape index (κ2) is 5.75. The van der Waals surface area contributed by atoms with Crippen LogP contribution in [0.5, 0.6) is 0 Å². The predicted octanol–water partition coefficient (Wildman–Crippen LogP) is 1.96. The van der Waals surface area contributed by atoms with Crippen LogP contribution in [0.3, 0.4) is 0 Å². The third-order valence-electron chi connectivity index (χ3n) is 3.37. The van der Waals surface area contributed by atoms with E-state index < -0.39 is 6.43 Å². The highest BCUT2D eigenvalue weighted by atomic mass is 19.3. The molecule has 0 saturated carbocycles. The third-order valence-corrected chi connectivity index (χ3v) is 3.37. The van der Waals surface area contributed by atoms with Crippen LogP contribution in [0.1, 0.15) is 26.2 Å². The number of piperidine rings is 1. The molecule has 1 fully saturated rings. The molecule has 1 heterocycles. The van der Waals surface area contributed by atoms with Gasteiger partial charge in [0, 0.05) is 13.1 Å². The van der Waals surface area contributed by atoms with Crippen molar-refractivity contribution in [2.24, 2.45) is 5.41 Å². The van der Waals surface area contributed by atoms with Gasteiger partial charge in [0.15, 0.2) is 0 Å². The highest BCUT2D eigenvalue weighted by Crippen LogP contribution is 2.30. The number of rotatable bonds is 5. The lowest BCUT2D eigenvalue weighted by Gasteiger charge is -2.39. The van der Waals surface area contributed by atoms with Crippen molar-refractivity contribution in [2.75, 3.05) is 33.2 Å². The van der Waals surface area contributed by atoms with Gasteiger partial charge >= 0.3 is 0 Å². The van der Waals surface area contributed by atoms with Gasteiger partial charge in [-0.3, -0.25) is 0 Å². The Balaban J connectivity index is 2.43. The zero-order chi connectivity index (χ0) is 11.3. The van der Waals surface area contributed by atoms with Crippen molar-refractivity contribution in [2.45, 2.75) is 32.6 Å². The van der Waals surface area contributed by atoms with Gasteiger partial charge in [0.25, 0.3) is 6.43 Å². The Morgan fingerprint density at radius 3 is 2.67 bits per heavy atom. The first-order chi connectivity index (χ1) is 7.08. The van der Waals surface area contributed by atoms with Gasteiger partial charge in [-0.2, -0.15) is 0 Å². The fraction of sp³-hybridized carbons (Fsp3) is 1.00. The van der Waals surface area contributed by atoms with Crippen LogP contribution in [0.15, 0.2) is 0 Å². The zero-order valence-electron chi connectivity index (χ0n) is 9.73. The number of halogens is 2. The molecule has 1 rings (SSSR count). The van der Waals surface area contributed by atoms with Crippen LogP contribution in [0.2, 0.25) is 0 Å². The van der Waals surface area contributed by atoms with E-state index in [2.05, 4.69) is 12.2 Å². The van der Waals surface area contributed by atoms with Gasteiger partial charge in [-0.1, -0.05) is 6.92 Å². The van der Waals surface area contributed by atoms with Crippen molar-refractivity contribution in [3.63, 3.8) is 0 Å². The number of hydrogen-bond acceptors (Lipinski definition) is 2. The summed E-state index contributed by atoms with van der Waals surface area (Å²) in [6.45, 7) is 4.86. The molecule has 0 aliphatic carbocycles. The minimum atomic E-state index is -2.22. The molecular formula is C11H22F2N2. The van der Waals surface area contributed by atoms with Crippen LogP contribution in [-0.4, -0.2) is 44.6 Å². The highest BCUT2D eigenvalue weighted by Gasteiger charge is 2.31. The molecule has 90 valence electrons. The highest BCUT2D eigenvalue weighted by molar-refractivity contribution is 4.86. The van der Waals surface area contributed by atoms with Crippen LogP contribution in [0, 0.1) is 5.41 Å².